The summed E-state index contributed by atoms with van der Waals surface area (Å²) in [6.45, 7) is 0.525. The molecule has 0 aliphatic carbocycles. The molecule has 0 saturated carbocycles. The average molecular weight is 390 g/mol. The first-order chi connectivity index (χ1) is 12.6. The number of esters is 1. The van der Waals surface area contributed by atoms with Crippen LogP contribution in [0, 0.1) is 0 Å². The number of rotatable bonds is 5. The van der Waals surface area contributed by atoms with Crippen molar-refractivity contribution in [1.82, 2.24) is 4.90 Å². The van der Waals surface area contributed by atoms with E-state index in [4.69, 9.17) is 16.3 Å². The minimum absolute atomic E-state index is 0.0473. The van der Waals surface area contributed by atoms with Gasteiger partial charge >= 0.3 is 5.97 Å². The lowest BCUT2D eigenvalue weighted by molar-refractivity contribution is -0.153. The summed E-state index contributed by atoms with van der Waals surface area (Å²) < 4.78 is 4.96. The molecule has 0 aromatic heterocycles. The summed E-state index contributed by atoms with van der Waals surface area (Å²) in [7, 11) is 1.36. The third-order valence-electron chi connectivity index (χ3n) is 4.44. The summed E-state index contributed by atoms with van der Waals surface area (Å²) in [5, 5.41) is 0.697. The third-order valence-corrected chi connectivity index (χ3v) is 5.68. The fourth-order valence-corrected chi connectivity index (χ4v) is 4.12. The van der Waals surface area contributed by atoms with Crippen LogP contribution in [0.3, 0.4) is 0 Å². The zero-order valence-electron chi connectivity index (χ0n) is 14.5. The molecular formula is C20H20ClNO3S. The zero-order valence-corrected chi connectivity index (χ0v) is 16.1. The van der Waals surface area contributed by atoms with E-state index in [1.54, 1.807) is 4.90 Å². The Bertz CT molecular complexity index is 794. The lowest BCUT2D eigenvalue weighted by atomic mass is 9.92. The number of carbonyl (C=O) groups excluding carboxylic acids is 2. The normalized spacial score (nSPS) is 16.1. The quantitative estimate of drug-likeness (QED) is 0.728. The van der Waals surface area contributed by atoms with Gasteiger partial charge in [0.25, 0.3) is 0 Å². The fraction of sp³-hybridized carbons (Fsp3) is 0.300. The van der Waals surface area contributed by atoms with Crippen molar-refractivity contribution in [1.29, 1.82) is 0 Å². The van der Waals surface area contributed by atoms with Gasteiger partial charge in [-0.1, -0.05) is 48.0 Å². The van der Waals surface area contributed by atoms with Crippen LogP contribution in [-0.4, -0.2) is 36.2 Å². The van der Waals surface area contributed by atoms with Gasteiger partial charge in [-0.15, -0.1) is 11.8 Å². The SMILES string of the molecule is COC(=O)C1c2ccccc2CCN1C(=O)CSCc1ccc(Cl)cc1. The van der Waals surface area contributed by atoms with Gasteiger partial charge < -0.3 is 9.64 Å². The highest BCUT2D eigenvalue weighted by atomic mass is 35.5. The molecule has 1 aliphatic rings. The highest BCUT2D eigenvalue weighted by Gasteiger charge is 2.36. The van der Waals surface area contributed by atoms with Crippen LogP contribution in [0.15, 0.2) is 48.5 Å². The van der Waals surface area contributed by atoms with Crippen molar-refractivity contribution >= 4 is 35.2 Å². The smallest absolute Gasteiger partial charge is 0.333 e. The van der Waals surface area contributed by atoms with Gasteiger partial charge in [-0.05, 0) is 35.2 Å². The number of amides is 1. The van der Waals surface area contributed by atoms with Gasteiger partial charge in [-0.2, -0.15) is 0 Å². The van der Waals surface area contributed by atoms with Gasteiger partial charge in [0.1, 0.15) is 0 Å². The van der Waals surface area contributed by atoms with Crippen molar-refractivity contribution in [2.75, 3.05) is 19.4 Å². The summed E-state index contributed by atoms with van der Waals surface area (Å²) in [6.07, 6.45) is 0.747. The standard InChI is InChI=1S/C20H20ClNO3S/c1-25-20(24)19-17-5-3-2-4-15(17)10-11-22(19)18(23)13-26-12-14-6-8-16(21)9-7-14/h2-9,19H,10-13H2,1H3. The number of nitrogens with zero attached hydrogens (tertiary/aromatic N) is 1. The van der Waals surface area contributed by atoms with Crippen molar-refractivity contribution < 1.29 is 14.3 Å². The molecule has 1 amide bonds. The van der Waals surface area contributed by atoms with Crippen molar-refractivity contribution in [3.8, 4) is 0 Å². The predicted molar refractivity (Wildman–Crippen MR) is 104 cm³/mol. The van der Waals surface area contributed by atoms with Gasteiger partial charge in [-0.25, -0.2) is 4.79 Å². The number of methoxy groups -OCH3 is 1. The number of hydrogen-bond donors (Lipinski definition) is 0. The zero-order chi connectivity index (χ0) is 18.5. The molecule has 2 aromatic rings. The molecule has 0 bridgehead atoms. The van der Waals surface area contributed by atoms with Crippen LogP contribution in [-0.2, 0) is 26.5 Å². The van der Waals surface area contributed by atoms with Crippen LogP contribution >= 0.6 is 23.4 Å². The summed E-state index contributed by atoms with van der Waals surface area (Å²) in [5.74, 6) is 0.594. The maximum absolute atomic E-state index is 12.8. The van der Waals surface area contributed by atoms with Crippen molar-refractivity contribution in [3.05, 3.63) is 70.2 Å². The molecule has 136 valence electrons. The largest absolute Gasteiger partial charge is 0.467 e. The van der Waals surface area contributed by atoms with Crippen LogP contribution in [0.5, 0.6) is 0 Å². The number of benzene rings is 2. The number of thioether (sulfide) groups is 1. The topological polar surface area (TPSA) is 46.6 Å². The van der Waals surface area contributed by atoms with Gasteiger partial charge in [-0.3, -0.25) is 4.79 Å². The van der Waals surface area contributed by atoms with Crippen molar-refractivity contribution in [2.45, 2.75) is 18.2 Å². The van der Waals surface area contributed by atoms with Gasteiger partial charge in [0.05, 0.1) is 12.9 Å². The molecule has 0 saturated heterocycles. The molecule has 1 unspecified atom stereocenters. The first-order valence-electron chi connectivity index (χ1n) is 8.37. The van der Waals surface area contributed by atoms with Crippen LogP contribution in [0.25, 0.3) is 0 Å². The second-order valence-corrected chi connectivity index (χ2v) is 7.50. The minimum Gasteiger partial charge on any atom is -0.467 e. The Kier molecular flexibility index (Phi) is 6.22. The molecule has 1 aliphatic heterocycles. The second kappa shape index (κ2) is 8.60. The summed E-state index contributed by atoms with van der Waals surface area (Å²) >= 11 is 7.42. The van der Waals surface area contributed by atoms with Crippen LogP contribution in [0.1, 0.15) is 22.7 Å². The highest BCUT2D eigenvalue weighted by molar-refractivity contribution is 7.99. The number of fused-ring (bicyclic) bond motifs is 1. The van der Waals surface area contributed by atoms with E-state index in [-0.39, 0.29) is 5.91 Å². The molecule has 0 N–H and O–H groups in total. The lowest BCUT2D eigenvalue weighted by Gasteiger charge is -2.35. The first-order valence-corrected chi connectivity index (χ1v) is 9.90. The van der Waals surface area contributed by atoms with E-state index in [0.717, 1.165) is 28.9 Å². The number of carbonyl (C=O) groups is 2. The highest BCUT2D eigenvalue weighted by Crippen LogP contribution is 2.31. The Morgan fingerprint density at radius 2 is 1.92 bits per heavy atom. The van der Waals surface area contributed by atoms with Crippen LogP contribution in [0.2, 0.25) is 5.02 Å². The molecule has 6 heteroatoms. The van der Waals surface area contributed by atoms with Crippen molar-refractivity contribution in [2.24, 2.45) is 0 Å². The minimum atomic E-state index is -0.659. The van der Waals surface area contributed by atoms with Crippen molar-refractivity contribution in [3.63, 3.8) is 0 Å². The molecule has 0 fully saturated rings. The van der Waals surface area contributed by atoms with Crippen LogP contribution < -0.4 is 0 Å². The van der Waals surface area contributed by atoms with E-state index in [1.165, 1.54) is 18.9 Å². The van der Waals surface area contributed by atoms with E-state index in [1.807, 2.05) is 48.5 Å². The molecule has 0 spiro atoms. The van der Waals surface area contributed by atoms with Crippen LogP contribution in [0.4, 0.5) is 0 Å². The van der Waals surface area contributed by atoms with E-state index >= 15 is 0 Å². The summed E-state index contributed by atoms with van der Waals surface area (Å²) in [6, 6.07) is 14.7. The Labute approximate surface area is 162 Å². The maximum Gasteiger partial charge on any atom is 0.333 e. The monoisotopic (exact) mass is 389 g/mol. The molecule has 1 heterocycles. The third kappa shape index (κ3) is 4.22. The molecule has 26 heavy (non-hydrogen) atoms. The molecular weight excluding hydrogens is 370 g/mol. The Balaban J connectivity index is 1.67. The fourth-order valence-electron chi connectivity index (χ4n) is 3.12. The van der Waals surface area contributed by atoms with E-state index < -0.39 is 12.0 Å². The Morgan fingerprint density at radius 1 is 1.19 bits per heavy atom. The van der Waals surface area contributed by atoms with Gasteiger partial charge in [0, 0.05) is 17.3 Å². The molecule has 2 aromatic carbocycles. The molecule has 1 atom stereocenters. The molecule has 4 nitrogen and oxygen atoms in total. The first kappa shape index (κ1) is 18.8. The van der Waals surface area contributed by atoms with Gasteiger partial charge in [0.15, 0.2) is 6.04 Å². The number of ether oxygens (including phenoxy) is 1. The summed E-state index contributed by atoms with van der Waals surface area (Å²) in [4.78, 5) is 26.7. The van der Waals surface area contributed by atoms with E-state index in [2.05, 4.69) is 0 Å². The Hall–Kier alpha value is -1.98. The number of hydrogen-bond acceptors (Lipinski definition) is 4. The maximum atomic E-state index is 12.8. The number of halogens is 1. The summed E-state index contributed by atoms with van der Waals surface area (Å²) in [5.41, 5.74) is 3.07. The predicted octanol–water partition coefficient (Wildman–Crippen LogP) is 3.87. The second-order valence-electron chi connectivity index (χ2n) is 6.08. The lowest BCUT2D eigenvalue weighted by Crippen LogP contribution is -2.44. The average Bonchev–Trinajstić information content (AvgIpc) is 2.67. The van der Waals surface area contributed by atoms with E-state index in [9.17, 15) is 9.59 Å². The Morgan fingerprint density at radius 3 is 2.65 bits per heavy atom. The molecule has 3 rings (SSSR count). The van der Waals surface area contributed by atoms with E-state index in [0.29, 0.717) is 17.3 Å². The van der Waals surface area contributed by atoms with Gasteiger partial charge in [0.2, 0.25) is 5.91 Å². The molecule has 0 radical (unpaired) electrons.